The number of carbonyl (C=O) groups excluding carboxylic acids is 1. The van der Waals surface area contributed by atoms with E-state index >= 15 is 0 Å². The molecule has 0 fully saturated rings. The van der Waals surface area contributed by atoms with E-state index in [1.165, 1.54) is 5.01 Å². The molecule has 0 radical (unpaired) electrons. The Bertz CT molecular complexity index is 949. The van der Waals surface area contributed by atoms with Crippen LogP contribution in [0.25, 0.3) is 0 Å². The number of hydrogen-bond acceptors (Lipinski definition) is 6. The van der Waals surface area contributed by atoms with E-state index in [1.54, 1.807) is 37.5 Å². The number of anilines is 2. The van der Waals surface area contributed by atoms with Crippen LogP contribution in [0.1, 0.15) is 13.8 Å². The smallest absolute Gasteiger partial charge is 0.300 e. The first kappa shape index (κ1) is 16.0. The number of benzene rings is 1. The predicted octanol–water partition coefficient (Wildman–Crippen LogP) is 2.96. The first-order valence-electron chi connectivity index (χ1n) is 8.32. The molecule has 4 rings (SSSR count). The van der Waals surface area contributed by atoms with Gasteiger partial charge in [0, 0.05) is 12.7 Å². The summed E-state index contributed by atoms with van der Waals surface area (Å²) in [7, 11) is 0. The number of carbonyl (C=O) groups is 1. The Morgan fingerprint density at radius 2 is 2.00 bits per heavy atom. The minimum atomic E-state index is -0.309. The molecule has 7 nitrogen and oxygen atoms in total. The average molecular weight is 347 g/mol. The van der Waals surface area contributed by atoms with Crippen molar-refractivity contribution in [3.63, 3.8) is 0 Å². The van der Waals surface area contributed by atoms with Gasteiger partial charge in [0.1, 0.15) is 0 Å². The molecule has 2 aromatic rings. The summed E-state index contributed by atoms with van der Waals surface area (Å²) >= 11 is 0. The maximum atomic E-state index is 12.6. The largest absolute Gasteiger partial charge is 0.437 e. The topological polar surface area (TPSA) is 70.4 Å². The molecule has 0 aliphatic carbocycles. The van der Waals surface area contributed by atoms with Gasteiger partial charge in [-0.3, -0.25) is 4.79 Å². The monoisotopic (exact) mass is 347 g/mol. The first-order chi connectivity index (χ1) is 12.7. The zero-order valence-electron chi connectivity index (χ0n) is 14.5. The average Bonchev–Trinajstić information content (AvgIpc) is 3.17. The van der Waals surface area contributed by atoms with Gasteiger partial charge in [-0.2, -0.15) is 10.1 Å². The molecule has 1 aromatic carbocycles. The van der Waals surface area contributed by atoms with Crippen molar-refractivity contribution in [3.8, 4) is 5.75 Å². The Balaban J connectivity index is 1.63. The number of aromatic nitrogens is 1. The third-order valence-electron chi connectivity index (χ3n) is 4.11. The van der Waals surface area contributed by atoms with Crippen LogP contribution in [0.2, 0.25) is 0 Å². The minimum absolute atomic E-state index is 0.277. The summed E-state index contributed by atoms with van der Waals surface area (Å²) < 4.78 is 5.86. The molecule has 1 aromatic heterocycles. The molecule has 2 aliphatic rings. The van der Waals surface area contributed by atoms with Gasteiger partial charge in [0.25, 0.3) is 0 Å². The highest BCUT2D eigenvalue weighted by Crippen LogP contribution is 2.38. The van der Waals surface area contributed by atoms with Crippen molar-refractivity contribution >= 4 is 28.8 Å². The van der Waals surface area contributed by atoms with Crippen molar-refractivity contribution in [2.24, 2.45) is 10.1 Å². The molecular weight excluding hydrogens is 330 g/mol. The summed E-state index contributed by atoms with van der Waals surface area (Å²) in [5.41, 5.74) is 1.80. The van der Waals surface area contributed by atoms with Crippen LogP contribution in [0.5, 0.6) is 5.75 Å². The standard InChI is InChI=1S/C19H17N5O2/c1-3-23-14-8-4-5-9-15(14)26-17(23)12-21-18-13(2)22-24(19(18)25)16-10-6-7-11-20-16/h4-12H,3H2,1-2H3. The summed E-state index contributed by atoms with van der Waals surface area (Å²) in [6, 6.07) is 13.1. The molecule has 130 valence electrons. The fourth-order valence-corrected chi connectivity index (χ4v) is 2.88. The van der Waals surface area contributed by atoms with Crippen molar-refractivity contribution in [2.45, 2.75) is 13.8 Å². The Morgan fingerprint density at radius 1 is 1.19 bits per heavy atom. The summed E-state index contributed by atoms with van der Waals surface area (Å²) in [6.45, 7) is 4.51. The number of para-hydroxylation sites is 2. The lowest BCUT2D eigenvalue weighted by Gasteiger charge is -2.14. The van der Waals surface area contributed by atoms with E-state index < -0.39 is 0 Å². The lowest BCUT2D eigenvalue weighted by atomic mass is 10.2. The summed E-state index contributed by atoms with van der Waals surface area (Å²) in [4.78, 5) is 23.2. The maximum Gasteiger partial charge on any atom is 0.300 e. The third kappa shape index (κ3) is 2.63. The van der Waals surface area contributed by atoms with Crippen LogP contribution >= 0.6 is 0 Å². The molecule has 0 saturated carbocycles. The highest BCUT2D eigenvalue weighted by atomic mass is 16.5. The first-order valence-corrected chi connectivity index (χ1v) is 8.32. The van der Waals surface area contributed by atoms with Crippen LogP contribution in [0.4, 0.5) is 11.5 Å². The van der Waals surface area contributed by atoms with Crippen molar-refractivity contribution in [2.75, 3.05) is 16.5 Å². The number of hydrogen-bond donors (Lipinski definition) is 0. The van der Waals surface area contributed by atoms with Crippen LogP contribution < -0.4 is 14.6 Å². The fraction of sp³-hybridized carbons (Fsp3) is 0.158. The molecule has 2 aliphatic heterocycles. The van der Waals surface area contributed by atoms with Gasteiger partial charge in [0.15, 0.2) is 17.3 Å². The van der Waals surface area contributed by atoms with Crippen molar-refractivity contribution in [3.05, 3.63) is 60.7 Å². The highest BCUT2D eigenvalue weighted by molar-refractivity contribution is 6.71. The highest BCUT2D eigenvalue weighted by Gasteiger charge is 2.31. The summed E-state index contributed by atoms with van der Waals surface area (Å²) in [5.74, 6) is 1.52. The van der Waals surface area contributed by atoms with Crippen molar-refractivity contribution in [1.82, 2.24) is 4.98 Å². The normalized spacial score (nSPS) is 19.2. The van der Waals surface area contributed by atoms with E-state index in [4.69, 9.17) is 4.74 Å². The van der Waals surface area contributed by atoms with Crippen LogP contribution in [0.15, 0.2) is 70.8 Å². The zero-order chi connectivity index (χ0) is 18.1. The number of aliphatic imine (C=N–C) groups is 1. The zero-order valence-corrected chi connectivity index (χ0v) is 14.5. The number of ether oxygens (including phenoxy) is 1. The third-order valence-corrected chi connectivity index (χ3v) is 4.11. The van der Waals surface area contributed by atoms with Crippen LogP contribution in [0.3, 0.4) is 0 Å². The van der Waals surface area contributed by atoms with Gasteiger partial charge < -0.3 is 9.64 Å². The quantitative estimate of drug-likeness (QED) is 0.856. The molecule has 0 atom stereocenters. The molecule has 7 heteroatoms. The molecule has 0 saturated heterocycles. The van der Waals surface area contributed by atoms with E-state index in [2.05, 4.69) is 15.1 Å². The van der Waals surface area contributed by atoms with Gasteiger partial charge in [-0.25, -0.2) is 9.98 Å². The van der Waals surface area contributed by atoms with E-state index in [-0.39, 0.29) is 11.6 Å². The predicted molar refractivity (Wildman–Crippen MR) is 100 cm³/mol. The van der Waals surface area contributed by atoms with Gasteiger partial charge in [0.05, 0.1) is 17.6 Å². The van der Waals surface area contributed by atoms with E-state index in [0.29, 0.717) is 17.4 Å². The number of rotatable bonds is 3. The van der Waals surface area contributed by atoms with Crippen molar-refractivity contribution < 1.29 is 9.53 Å². The summed E-state index contributed by atoms with van der Waals surface area (Å²) in [5, 5.41) is 5.53. The molecule has 0 bridgehead atoms. The Morgan fingerprint density at radius 3 is 2.77 bits per heavy atom. The SMILES string of the molecule is CCN1C(=CN=C2C(=O)N(c3ccccn3)N=C2C)Oc2ccccc21. The number of pyridine rings is 1. The number of amides is 1. The van der Waals surface area contributed by atoms with Crippen LogP contribution in [-0.2, 0) is 4.79 Å². The fourth-order valence-electron chi connectivity index (χ4n) is 2.88. The number of hydrazone groups is 1. The van der Waals surface area contributed by atoms with E-state index in [0.717, 1.165) is 18.0 Å². The second kappa shape index (κ2) is 6.44. The molecule has 0 unspecified atom stereocenters. The Hall–Kier alpha value is -3.48. The molecule has 3 heterocycles. The van der Waals surface area contributed by atoms with Gasteiger partial charge in [-0.05, 0) is 38.1 Å². The van der Waals surface area contributed by atoms with Gasteiger partial charge in [-0.15, -0.1) is 0 Å². The number of nitrogens with zero attached hydrogens (tertiary/aromatic N) is 5. The van der Waals surface area contributed by atoms with Gasteiger partial charge in [0.2, 0.25) is 5.88 Å². The Kier molecular flexibility index (Phi) is 3.96. The maximum absolute atomic E-state index is 12.6. The lowest BCUT2D eigenvalue weighted by Crippen LogP contribution is -2.27. The molecule has 0 N–H and O–H groups in total. The molecule has 0 spiro atoms. The number of fused-ring (bicyclic) bond motifs is 1. The minimum Gasteiger partial charge on any atom is -0.437 e. The van der Waals surface area contributed by atoms with Gasteiger partial charge in [-0.1, -0.05) is 18.2 Å². The Labute approximate surface area is 150 Å². The molecule has 1 amide bonds. The molecule has 26 heavy (non-hydrogen) atoms. The summed E-state index contributed by atoms with van der Waals surface area (Å²) in [6.07, 6.45) is 3.19. The lowest BCUT2D eigenvalue weighted by molar-refractivity contribution is -0.112. The van der Waals surface area contributed by atoms with E-state index in [1.807, 2.05) is 36.1 Å². The van der Waals surface area contributed by atoms with Crippen LogP contribution in [-0.4, -0.2) is 28.9 Å². The molecular formula is C19H17N5O2. The second-order valence-corrected chi connectivity index (χ2v) is 5.75. The van der Waals surface area contributed by atoms with E-state index in [9.17, 15) is 4.79 Å². The van der Waals surface area contributed by atoms with Crippen LogP contribution in [0, 0.1) is 0 Å². The second-order valence-electron chi connectivity index (χ2n) is 5.75. The van der Waals surface area contributed by atoms with Crippen molar-refractivity contribution in [1.29, 1.82) is 0 Å². The van der Waals surface area contributed by atoms with Gasteiger partial charge >= 0.3 is 5.91 Å².